The van der Waals surface area contributed by atoms with Crippen molar-refractivity contribution < 1.29 is 22.7 Å². The molecule has 1 amide bonds. The molecule has 0 spiro atoms. The van der Waals surface area contributed by atoms with E-state index in [0.717, 1.165) is 20.9 Å². The summed E-state index contributed by atoms with van der Waals surface area (Å²) < 4.78 is 42.7. The number of hydrogen-bond acceptors (Lipinski definition) is 6. The normalized spacial score (nSPS) is 15.8. The topological polar surface area (TPSA) is 50.1 Å². The number of hydrogen-bond donors (Lipinski definition) is 0. The van der Waals surface area contributed by atoms with Gasteiger partial charge in [0.25, 0.3) is 5.91 Å². The average Bonchev–Trinajstić information content (AvgIpc) is 3.41. The predicted molar refractivity (Wildman–Crippen MR) is 113 cm³/mol. The minimum absolute atomic E-state index is 0.0141. The molecule has 0 N–H and O–H groups in total. The highest BCUT2D eigenvalue weighted by molar-refractivity contribution is 7.21. The number of imidazole rings is 1. The summed E-state index contributed by atoms with van der Waals surface area (Å²) >= 11 is 2.98. The van der Waals surface area contributed by atoms with Gasteiger partial charge in [0.1, 0.15) is 10.6 Å². The molecule has 0 unspecified atom stereocenters. The van der Waals surface area contributed by atoms with Crippen molar-refractivity contribution in [3.05, 3.63) is 52.3 Å². The zero-order chi connectivity index (χ0) is 21.6. The summed E-state index contributed by atoms with van der Waals surface area (Å²) in [6.07, 6.45) is -2.73. The average molecular weight is 467 g/mol. The lowest BCUT2D eigenvalue weighted by molar-refractivity contribution is -0.274. The number of thiazole rings is 1. The van der Waals surface area contributed by atoms with Gasteiger partial charge in [-0.25, -0.2) is 4.98 Å². The molecular weight excluding hydrogens is 449 g/mol. The third-order valence-electron chi connectivity index (χ3n) is 5.17. The molecule has 1 aromatic carbocycles. The van der Waals surface area contributed by atoms with Crippen LogP contribution >= 0.6 is 22.7 Å². The Morgan fingerprint density at radius 2 is 1.87 bits per heavy atom. The largest absolute Gasteiger partial charge is 0.573 e. The summed E-state index contributed by atoms with van der Waals surface area (Å²) in [5.74, 6) is -0.214. The number of carbonyl (C=O) groups excluding carboxylic acids is 1. The summed E-state index contributed by atoms with van der Waals surface area (Å²) in [5, 5.41) is 1.97. The minimum Gasteiger partial charge on any atom is -0.406 e. The van der Waals surface area contributed by atoms with Crippen LogP contribution in [-0.4, -0.2) is 57.6 Å². The van der Waals surface area contributed by atoms with E-state index in [4.69, 9.17) is 0 Å². The standard InChI is InChI=1S/C20H17F3N4O2S2/c21-20(22,23)29-14-3-1-13(2-4-14)12-25-5-7-26(8-6-25)18(28)16-11-15-17(31-16)24-19-27(15)9-10-30-19/h1-4,9-11H,5-8,12H2. The summed E-state index contributed by atoms with van der Waals surface area (Å²) in [6.45, 7) is 3.21. The van der Waals surface area contributed by atoms with E-state index in [1.54, 1.807) is 23.5 Å². The number of alkyl halides is 3. The Hall–Kier alpha value is -2.63. The quantitative estimate of drug-likeness (QED) is 0.446. The van der Waals surface area contributed by atoms with Crippen LogP contribution in [0, 0.1) is 0 Å². The highest BCUT2D eigenvalue weighted by Crippen LogP contribution is 2.29. The molecule has 0 bridgehead atoms. The Labute approximate surface area is 183 Å². The van der Waals surface area contributed by atoms with Gasteiger partial charge < -0.3 is 9.64 Å². The van der Waals surface area contributed by atoms with Gasteiger partial charge in [-0.1, -0.05) is 12.1 Å². The zero-order valence-electron chi connectivity index (χ0n) is 16.1. The van der Waals surface area contributed by atoms with Crippen molar-refractivity contribution in [3.8, 4) is 5.75 Å². The van der Waals surface area contributed by atoms with Crippen LogP contribution in [0.2, 0.25) is 0 Å². The highest BCUT2D eigenvalue weighted by Gasteiger charge is 2.31. The molecule has 1 fully saturated rings. The highest BCUT2D eigenvalue weighted by atomic mass is 32.1. The Kier molecular flexibility index (Phi) is 5.11. The summed E-state index contributed by atoms with van der Waals surface area (Å²) in [4.78, 5) is 24.0. The fourth-order valence-corrected chi connectivity index (χ4v) is 5.44. The van der Waals surface area contributed by atoms with Crippen molar-refractivity contribution in [2.45, 2.75) is 12.9 Å². The molecule has 0 radical (unpaired) electrons. The molecule has 0 aliphatic carbocycles. The summed E-state index contributed by atoms with van der Waals surface area (Å²) in [6, 6.07) is 7.81. The smallest absolute Gasteiger partial charge is 0.406 e. The SMILES string of the molecule is O=C(c1cc2c(nc3sccn32)s1)N1CCN(Cc2ccc(OC(F)(F)F)cc2)CC1. The molecule has 31 heavy (non-hydrogen) atoms. The van der Waals surface area contributed by atoms with Crippen LogP contribution < -0.4 is 4.74 Å². The number of benzene rings is 1. The second kappa shape index (κ2) is 7.81. The number of aromatic nitrogens is 2. The number of thiophene rings is 1. The van der Waals surface area contributed by atoms with Crippen LogP contribution in [0.1, 0.15) is 15.2 Å². The van der Waals surface area contributed by atoms with Gasteiger partial charge in [0, 0.05) is 44.3 Å². The third kappa shape index (κ3) is 4.25. The van der Waals surface area contributed by atoms with Crippen molar-refractivity contribution in [2.24, 2.45) is 0 Å². The Morgan fingerprint density at radius 1 is 1.13 bits per heavy atom. The van der Waals surface area contributed by atoms with Gasteiger partial charge in [0.05, 0.1) is 10.4 Å². The number of halogens is 3. The van der Waals surface area contributed by atoms with Gasteiger partial charge in [0.2, 0.25) is 0 Å². The summed E-state index contributed by atoms with van der Waals surface area (Å²) in [5.41, 5.74) is 1.86. The summed E-state index contributed by atoms with van der Waals surface area (Å²) in [7, 11) is 0. The predicted octanol–water partition coefficient (Wildman–Crippen LogP) is 4.47. The van der Waals surface area contributed by atoms with E-state index in [9.17, 15) is 18.0 Å². The van der Waals surface area contributed by atoms with Gasteiger partial charge in [0.15, 0.2) is 4.96 Å². The molecule has 1 aliphatic heterocycles. The van der Waals surface area contributed by atoms with Gasteiger partial charge in [-0.05, 0) is 23.8 Å². The van der Waals surface area contributed by atoms with E-state index in [-0.39, 0.29) is 11.7 Å². The maximum absolute atomic E-state index is 12.9. The van der Waals surface area contributed by atoms with Crippen molar-refractivity contribution >= 4 is 43.9 Å². The molecule has 0 atom stereocenters. The van der Waals surface area contributed by atoms with Crippen LogP contribution in [0.25, 0.3) is 15.3 Å². The van der Waals surface area contributed by atoms with E-state index in [2.05, 4.69) is 14.6 Å². The van der Waals surface area contributed by atoms with Crippen molar-refractivity contribution in [1.29, 1.82) is 0 Å². The van der Waals surface area contributed by atoms with E-state index in [1.165, 1.54) is 23.5 Å². The first-order valence-electron chi connectivity index (χ1n) is 9.57. The molecule has 0 saturated carbocycles. The molecule has 11 heteroatoms. The van der Waals surface area contributed by atoms with Gasteiger partial charge in [-0.3, -0.25) is 14.1 Å². The fraction of sp³-hybridized carbons (Fsp3) is 0.300. The number of carbonyl (C=O) groups is 1. The molecule has 4 heterocycles. The first kappa shape index (κ1) is 20.3. The number of amides is 1. The maximum atomic E-state index is 12.9. The van der Waals surface area contributed by atoms with Crippen LogP contribution in [0.4, 0.5) is 13.2 Å². The second-order valence-electron chi connectivity index (χ2n) is 7.23. The lowest BCUT2D eigenvalue weighted by Crippen LogP contribution is -2.48. The van der Waals surface area contributed by atoms with Crippen LogP contribution in [0.3, 0.4) is 0 Å². The zero-order valence-corrected chi connectivity index (χ0v) is 17.8. The maximum Gasteiger partial charge on any atom is 0.573 e. The molecule has 162 valence electrons. The first-order chi connectivity index (χ1) is 14.9. The monoisotopic (exact) mass is 466 g/mol. The Morgan fingerprint density at radius 3 is 2.58 bits per heavy atom. The molecule has 5 rings (SSSR count). The Bertz CT molecular complexity index is 1220. The van der Waals surface area contributed by atoms with E-state index in [1.807, 2.05) is 26.9 Å². The molecule has 3 aromatic heterocycles. The van der Waals surface area contributed by atoms with Crippen molar-refractivity contribution in [2.75, 3.05) is 26.2 Å². The number of piperazine rings is 1. The van der Waals surface area contributed by atoms with Gasteiger partial charge >= 0.3 is 6.36 Å². The molecule has 1 saturated heterocycles. The van der Waals surface area contributed by atoms with Crippen LogP contribution in [0.15, 0.2) is 41.9 Å². The lowest BCUT2D eigenvalue weighted by Gasteiger charge is -2.34. The minimum atomic E-state index is -4.69. The third-order valence-corrected chi connectivity index (χ3v) is 6.94. The van der Waals surface area contributed by atoms with E-state index >= 15 is 0 Å². The Balaban J connectivity index is 1.18. The number of ether oxygens (including phenoxy) is 1. The van der Waals surface area contributed by atoms with Crippen LogP contribution in [-0.2, 0) is 6.54 Å². The molecule has 1 aliphatic rings. The first-order valence-corrected chi connectivity index (χ1v) is 11.3. The number of nitrogens with zero attached hydrogens (tertiary/aromatic N) is 4. The molecule has 4 aromatic rings. The van der Waals surface area contributed by atoms with E-state index in [0.29, 0.717) is 37.6 Å². The van der Waals surface area contributed by atoms with Gasteiger partial charge in [-0.15, -0.1) is 35.8 Å². The number of fused-ring (bicyclic) bond motifs is 3. The number of rotatable bonds is 4. The second-order valence-corrected chi connectivity index (χ2v) is 9.13. The van der Waals surface area contributed by atoms with Crippen LogP contribution in [0.5, 0.6) is 5.75 Å². The van der Waals surface area contributed by atoms with E-state index < -0.39 is 6.36 Å². The van der Waals surface area contributed by atoms with Crippen molar-refractivity contribution in [3.63, 3.8) is 0 Å². The fourth-order valence-electron chi connectivity index (χ4n) is 3.67. The molecule has 6 nitrogen and oxygen atoms in total. The lowest BCUT2D eigenvalue weighted by atomic mass is 10.2. The molecular formula is C20H17F3N4O2S2. The van der Waals surface area contributed by atoms with Gasteiger partial charge in [-0.2, -0.15) is 0 Å². The van der Waals surface area contributed by atoms with Crippen molar-refractivity contribution in [1.82, 2.24) is 19.2 Å².